The molecule has 2 rings (SSSR count). The largest absolute Gasteiger partial charge is 0.322 e. The van der Waals surface area contributed by atoms with E-state index in [4.69, 9.17) is 0 Å². The normalized spacial score (nSPS) is 29.1. The number of amides is 1. The van der Waals surface area contributed by atoms with Gasteiger partial charge in [-0.25, -0.2) is 0 Å². The summed E-state index contributed by atoms with van der Waals surface area (Å²) in [6, 6.07) is 0.297. The molecule has 0 saturated carbocycles. The summed E-state index contributed by atoms with van der Waals surface area (Å²) in [6.45, 7) is 14.4. The Morgan fingerprint density at radius 3 is 2.29 bits per heavy atom. The van der Waals surface area contributed by atoms with Gasteiger partial charge in [-0.3, -0.25) is 10.1 Å². The second-order valence-corrected chi connectivity index (χ2v) is 7.64. The zero-order valence-corrected chi connectivity index (χ0v) is 14.4. The van der Waals surface area contributed by atoms with Gasteiger partial charge in [0.2, 0.25) is 5.91 Å². The molecule has 0 aromatic carbocycles. The molecule has 1 amide bonds. The summed E-state index contributed by atoms with van der Waals surface area (Å²) in [7, 11) is 0. The van der Waals surface area contributed by atoms with Crippen molar-refractivity contribution in [1.82, 2.24) is 15.1 Å². The summed E-state index contributed by atoms with van der Waals surface area (Å²) >= 11 is 0. The Morgan fingerprint density at radius 1 is 1.14 bits per heavy atom. The molecule has 2 saturated heterocycles. The van der Waals surface area contributed by atoms with Crippen LogP contribution in [0.25, 0.3) is 0 Å². The van der Waals surface area contributed by atoms with Gasteiger partial charge in [-0.05, 0) is 51.1 Å². The van der Waals surface area contributed by atoms with Crippen LogP contribution in [0.15, 0.2) is 0 Å². The molecule has 122 valence electrons. The molecule has 0 aliphatic carbocycles. The number of hydrogen-bond donors (Lipinski definition) is 1. The molecule has 1 N–H and O–H groups in total. The second-order valence-electron chi connectivity index (χ2n) is 7.64. The fourth-order valence-corrected chi connectivity index (χ4v) is 3.73. The molecule has 2 aliphatic rings. The van der Waals surface area contributed by atoms with Crippen LogP contribution in [0.2, 0.25) is 0 Å². The van der Waals surface area contributed by atoms with E-state index in [0.29, 0.717) is 23.8 Å². The molecule has 0 bridgehead atoms. The van der Waals surface area contributed by atoms with Crippen LogP contribution < -0.4 is 5.32 Å². The Balaban J connectivity index is 2.05. The summed E-state index contributed by atoms with van der Waals surface area (Å²) < 4.78 is 0. The van der Waals surface area contributed by atoms with Crippen molar-refractivity contribution in [2.75, 3.05) is 19.6 Å². The smallest absolute Gasteiger partial charge is 0.241 e. The molecule has 0 spiro atoms. The van der Waals surface area contributed by atoms with Crippen LogP contribution in [0.3, 0.4) is 0 Å². The van der Waals surface area contributed by atoms with Gasteiger partial charge in [-0.15, -0.1) is 0 Å². The number of nitrogens with zero attached hydrogens (tertiary/aromatic N) is 2. The Bertz CT molecular complexity index is 350. The predicted molar refractivity (Wildman–Crippen MR) is 87.0 cm³/mol. The lowest BCUT2D eigenvalue weighted by Gasteiger charge is -2.33. The van der Waals surface area contributed by atoms with Gasteiger partial charge < -0.3 is 9.80 Å². The number of carbonyl (C=O) groups is 1. The van der Waals surface area contributed by atoms with E-state index in [9.17, 15) is 4.79 Å². The molecule has 3 unspecified atom stereocenters. The van der Waals surface area contributed by atoms with Crippen LogP contribution in [0.1, 0.15) is 53.9 Å². The van der Waals surface area contributed by atoms with E-state index in [0.717, 1.165) is 13.0 Å². The zero-order chi connectivity index (χ0) is 15.6. The van der Waals surface area contributed by atoms with Crippen molar-refractivity contribution in [2.45, 2.75) is 72.1 Å². The third kappa shape index (κ3) is 3.98. The fourth-order valence-electron chi connectivity index (χ4n) is 3.73. The Kier molecular flexibility index (Phi) is 5.67. The van der Waals surface area contributed by atoms with Gasteiger partial charge in [0, 0.05) is 12.6 Å². The molecule has 0 aromatic rings. The van der Waals surface area contributed by atoms with Crippen LogP contribution in [0, 0.1) is 11.8 Å². The number of likely N-dealkylation sites (tertiary alicyclic amines) is 1. The van der Waals surface area contributed by atoms with Crippen molar-refractivity contribution >= 4 is 5.91 Å². The molecule has 4 nitrogen and oxygen atoms in total. The number of nitrogens with one attached hydrogen (secondary N) is 1. The molecule has 4 heteroatoms. The SMILES string of the molecule is CC(C)CC1NC(C(C)C)C(=O)N1C(C)CN1CCCC1. The summed E-state index contributed by atoms with van der Waals surface area (Å²) in [5, 5.41) is 3.59. The van der Waals surface area contributed by atoms with Gasteiger partial charge in [-0.2, -0.15) is 0 Å². The highest BCUT2D eigenvalue weighted by molar-refractivity contribution is 5.85. The van der Waals surface area contributed by atoms with Crippen molar-refractivity contribution in [3.63, 3.8) is 0 Å². The molecule has 0 aromatic heterocycles. The second kappa shape index (κ2) is 7.10. The Labute approximate surface area is 130 Å². The van der Waals surface area contributed by atoms with E-state index in [2.05, 4.69) is 49.7 Å². The van der Waals surface area contributed by atoms with Crippen LogP contribution in [0.5, 0.6) is 0 Å². The van der Waals surface area contributed by atoms with Gasteiger partial charge in [-0.1, -0.05) is 27.7 Å². The molecule has 2 aliphatic heterocycles. The minimum Gasteiger partial charge on any atom is -0.322 e. The maximum absolute atomic E-state index is 12.8. The predicted octanol–water partition coefficient (Wildman–Crippen LogP) is 2.30. The van der Waals surface area contributed by atoms with E-state index in [1.165, 1.54) is 25.9 Å². The average molecular weight is 295 g/mol. The highest BCUT2D eigenvalue weighted by Crippen LogP contribution is 2.24. The number of carbonyl (C=O) groups excluding carboxylic acids is 1. The first-order valence-corrected chi connectivity index (χ1v) is 8.70. The van der Waals surface area contributed by atoms with E-state index >= 15 is 0 Å². The van der Waals surface area contributed by atoms with Crippen LogP contribution in [-0.4, -0.2) is 53.6 Å². The lowest BCUT2D eigenvalue weighted by molar-refractivity contribution is -0.133. The maximum Gasteiger partial charge on any atom is 0.241 e. The van der Waals surface area contributed by atoms with Crippen molar-refractivity contribution in [3.05, 3.63) is 0 Å². The van der Waals surface area contributed by atoms with E-state index in [-0.39, 0.29) is 12.2 Å². The molecular formula is C17H33N3O. The molecule has 0 radical (unpaired) electrons. The van der Waals surface area contributed by atoms with E-state index < -0.39 is 0 Å². The third-order valence-electron chi connectivity index (χ3n) is 4.79. The topological polar surface area (TPSA) is 35.6 Å². The Hall–Kier alpha value is -0.610. The average Bonchev–Trinajstić information content (AvgIpc) is 2.96. The van der Waals surface area contributed by atoms with Crippen molar-refractivity contribution in [2.24, 2.45) is 11.8 Å². The minimum absolute atomic E-state index is 0.00484. The molecule has 3 atom stereocenters. The number of rotatable bonds is 6. The highest BCUT2D eigenvalue weighted by atomic mass is 16.2. The van der Waals surface area contributed by atoms with Gasteiger partial charge in [0.05, 0.1) is 12.2 Å². The monoisotopic (exact) mass is 295 g/mol. The molecule has 2 heterocycles. The van der Waals surface area contributed by atoms with E-state index in [1.54, 1.807) is 0 Å². The van der Waals surface area contributed by atoms with Crippen molar-refractivity contribution in [3.8, 4) is 0 Å². The third-order valence-corrected chi connectivity index (χ3v) is 4.79. The van der Waals surface area contributed by atoms with Gasteiger partial charge in [0.15, 0.2) is 0 Å². The molecule has 21 heavy (non-hydrogen) atoms. The lowest BCUT2D eigenvalue weighted by Crippen LogP contribution is -2.48. The van der Waals surface area contributed by atoms with Gasteiger partial charge in [0.25, 0.3) is 0 Å². The zero-order valence-electron chi connectivity index (χ0n) is 14.4. The summed E-state index contributed by atoms with van der Waals surface area (Å²) in [5.41, 5.74) is 0. The van der Waals surface area contributed by atoms with Crippen LogP contribution >= 0.6 is 0 Å². The number of hydrogen-bond acceptors (Lipinski definition) is 3. The summed E-state index contributed by atoms with van der Waals surface area (Å²) in [6.07, 6.45) is 3.87. The van der Waals surface area contributed by atoms with E-state index in [1.807, 2.05) is 0 Å². The fraction of sp³-hybridized carbons (Fsp3) is 0.941. The summed E-state index contributed by atoms with van der Waals surface area (Å²) in [4.78, 5) is 17.4. The van der Waals surface area contributed by atoms with Gasteiger partial charge in [0.1, 0.15) is 0 Å². The van der Waals surface area contributed by atoms with Gasteiger partial charge >= 0.3 is 0 Å². The quantitative estimate of drug-likeness (QED) is 0.817. The molecule has 2 fully saturated rings. The highest BCUT2D eigenvalue weighted by Gasteiger charge is 2.42. The summed E-state index contributed by atoms with van der Waals surface area (Å²) in [5.74, 6) is 1.26. The standard InChI is InChI=1S/C17H33N3O/c1-12(2)10-15-18-16(13(3)4)17(21)20(15)14(5)11-19-8-6-7-9-19/h12-16,18H,6-11H2,1-5H3. The maximum atomic E-state index is 12.8. The first-order chi connectivity index (χ1) is 9.90. The van der Waals surface area contributed by atoms with Crippen LogP contribution in [0.4, 0.5) is 0 Å². The van der Waals surface area contributed by atoms with Crippen molar-refractivity contribution < 1.29 is 4.79 Å². The van der Waals surface area contributed by atoms with Crippen LogP contribution in [-0.2, 0) is 4.79 Å². The first-order valence-electron chi connectivity index (χ1n) is 8.70. The van der Waals surface area contributed by atoms with Crippen molar-refractivity contribution in [1.29, 1.82) is 0 Å². The molecular weight excluding hydrogens is 262 g/mol. The Morgan fingerprint density at radius 2 is 1.76 bits per heavy atom. The lowest BCUT2D eigenvalue weighted by atomic mass is 10.0. The minimum atomic E-state index is -0.00484. The first kappa shape index (κ1) is 16.8.